The van der Waals surface area contributed by atoms with Crippen LogP contribution < -0.4 is 4.74 Å². The molecule has 0 N–H and O–H groups in total. The van der Waals surface area contributed by atoms with Crippen molar-refractivity contribution in [1.82, 2.24) is 14.8 Å². The van der Waals surface area contributed by atoms with E-state index in [1.54, 1.807) is 19.2 Å². The summed E-state index contributed by atoms with van der Waals surface area (Å²) in [6.07, 6.45) is 0. The maximum atomic E-state index is 11.6. The summed E-state index contributed by atoms with van der Waals surface area (Å²) in [5.74, 6) is 2.26. The van der Waals surface area contributed by atoms with Crippen LogP contribution in [0.2, 0.25) is 0 Å². The van der Waals surface area contributed by atoms with Crippen molar-refractivity contribution in [3.8, 4) is 22.8 Å². The number of furan rings is 1. The number of carbonyl (C=O) groups excluding carboxylic acids is 1. The molecule has 0 aliphatic carbocycles. The normalized spacial score (nSPS) is 10.8. The van der Waals surface area contributed by atoms with Crippen LogP contribution in [0.5, 0.6) is 5.75 Å². The SMILES string of the molecule is COC(=O)c1ccc(CSc2nnc(-c3cccc(OC)c3)n2-c2ccc(C)cc2)o1. The number of aromatic nitrogens is 3. The second-order valence-electron chi connectivity index (χ2n) is 6.76. The molecule has 2 aromatic heterocycles. The number of thioether (sulfide) groups is 1. The lowest BCUT2D eigenvalue weighted by molar-refractivity contribution is 0.0563. The van der Waals surface area contributed by atoms with Gasteiger partial charge in [0.05, 0.1) is 20.0 Å². The minimum atomic E-state index is -0.501. The van der Waals surface area contributed by atoms with Crippen molar-refractivity contribution in [2.45, 2.75) is 17.8 Å². The van der Waals surface area contributed by atoms with Crippen LogP contribution in [-0.2, 0) is 10.5 Å². The van der Waals surface area contributed by atoms with Gasteiger partial charge in [0, 0.05) is 11.3 Å². The summed E-state index contributed by atoms with van der Waals surface area (Å²) in [5, 5.41) is 9.58. The van der Waals surface area contributed by atoms with Crippen LogP contribution >= 0.6 is 11.8 Å². The Bertz CT molecular complexity index is 1200. The minimum absolute atomic E-state index is 0.176. The highest BCUT2D eigenvalue weighted by atomic mass is 32.2. The van der Waals surface area contributed by atoms with E-state index >= 15 is 0 Å². The summed E-state index contributed by atoms with van der Waals surface area (Å²) in [7, 11) is 2.96. The summed E-state index contributed by atoms with van der Waals surface area (Å²) in [6.45, 7) is 2.05. The van der Waals surface area contributed by atoms with Gasteiger partial charge in [0.25, 0.3) is 0 Å². The van der Waals surface area contributed by atoms with Gasteiger partial charge in [-0.25, -0.2) is 4.79 Å². The van der Waals surface area contributed by atoms with Gasteiger partial charge in [-0.2, -0.15) is 0 Å². The number of benzene rings is 2. The van der Waals surface area contributed by atoms with Crippen molar-refractivity contribution in [3.05, 3.63) is 77.7 Å². The molecule has 2 heterocycles. The summed E-state index contributed by atoms with van der Waals surface area (Å²) < 4.78 is 17.6. The molecule has 2 aromatic carbocycles. The fraction of sp³-hybridized carbons (Fsp3) is 0.174. The van der Waals surface area contributed by atoms with Crippen LogP contribution in [0.4, 0.5) is 0 Å². The molecule has 0 aliphatic heterocycles. The number of ether oxygens (including phenoxy) is 2. The largest absolute Gasteiger partial charge is 0.497 e. The zero-order valence-electron chi connectivity index (χ0n) is 17.4. The zero-order valence-corrected chi connectivity index (χ0v) is 18.2. The van der Waals surface area contributed by atoms with E-state index in [9.17, 15) is 4.79 Å². The molecule has 0 atom stereocenters. The average Bonchev–Trinajstić information content (AvgIpc) is 3.45. The third-order valence-electron chi connectivity index (χ3n) is 4.65. The van der Waals surface area contributed by atoms with E-state index in [0.717, 1.165) is 17.0 Å². The molecule has 0 radical (unpaired) electrons. The Morgan fingerprint density at radius 1 is 1.06 bits per heavy atom. The number of aryl methyl sites for hydroxylation is 1. The van der Waals surface area contributed by atoms with Crippen LogP contribution in [0.25, 0.3) is 17.1 Å². The number of rotatable bonds is 7. The van der Waals surface area contributed by atoms with E-state index in [1.807, 2.05) is 60.0 Å². The van der Waals surface area contributed by atoms with Crippen molar-refractivity contribution in [1.29, 1.82) is 0 Å². The molecule has 0 spiro atoms. The number of carbonyl (C=O) groups is 1. The maximum Gasteiger partial charge on any atom is 0.373 e. The van der Waals surface area contributed by atoms with Gasteiger partial charge in [-0.3, -0.25) is 4.57 Å². The number of esters is 1. The lowest BCUT2D eigenvalue weighted by Crippen LogP contribution is -2.00. The molecule has 0 saturated carbocycles. The molecular weight excluding hydrogens is 414 g/mol. The molecule has 0 bridgehead atoms. The molecule has 4 aromatic rings. The minimum Gasteiger partial charge on any atom is -0.497 e. The van der Waals surface area contributed by atoms with Crippen LogP contribution in [0.15, 0.2) is 70.2 Å². The van der Waals surface area contributed by atoms with E-state index in [1.165, 1.54) is 24.4 Å². The van der Waals surface area contributed by atoms with Crippen molar-refractivity contribution in [2.75, 3.05) is 14.2 Å². The van der Waals surface area contributed by atoms with Gasteiger partial charge in [-0.1, -0.05) is 41.6 Å². The molecule has 158 valence electrons. The molecular formula is C23H21N3O4S. The van der Waals surface area contributed by atoms with Gasteiger partial charge in [-0.05, 0) is 43.3 Å². The quantitative estimate of drug-likeness (QED) is 0.301. The Hall–Kier alpha value is -3.52. The second kappa shape index (κ2) is 9.09. The molecule has 7 nitrogen and oxygen atoms in total. The van der Waals surface area contributed by atoms with Gasteiger partial charge >= 0.3 is 5.97 Å². The predicted octanol–water partition coefficient (Wildman–Crippen LogP) is 4.92. The highest BCUT2D eigenvalue weighted by Gasteiger charge is 2.18. The van der Waals surface area contributed by atoms with Gasteiger partial charge in [-0.15, -0.1) is 10.2 Å². The van der Waals surface area contributed by atoms with E-state index in [-0.39, 0.29) is 5.76 Å². The number of methoxy groups -OCH3 is 2. The lowest BCUT2D eigenvalue weighted by atomic mass is 10.2. The van der Waals surface area contributed by atoms with Crippen LogP contribution in [0.3, 0.4) is 0 Å². The van der Waals surface area contributed by atoms with Crippen molar-refractivity contribution < 1.29 is 18.7 Å². The Morgan fingerprint density at radius 3 is 2.61 bits per heavy atom. The molecule has 0 fully saturated rings. The molecule has 0 amide bonds. The van der Waals surface area contributed by atoms with Gasteiger partial charge in [0.15, 0.2) is 11.0 Å². The zero-order chi connectivity index (χ0) is 21.8. The third kappa shape index (κ3) is 4.49. The van der Waals surface area contributed by atoms with Crippen molar-refractivity contribution >= 4 is 17.7 Å². The standard InChI is InChI=1S/C23H21N3O4S/c1-15-7-9-17(10-8-15)26-21(16-5-4-6-18(13-16)28-2)24-25-23(26)31-14-19-11-12-20(30-19)22(27)29-3/h4-13H,14H2,1-3H3. The summed E-state index contributed by atoms with van der Waals surface area (Å²) in [6, 6.07) is 19.3. The van der Waals surface area contributed by atoms with E-state index in [2.05, 4.69) is 10.2 Å². The first kappa shape index (κ1) is 20.7. The topological polar surface area (TPSA) is 79.4 Å². The Morgan fingerprint density at radius 2 is 1.87 bits per heavy atom. The van der Waals surface area contributed by atoms with Crippen molar-refractivity contribution in [2.24, 2.45) is 0 Å². The third-order valence-corrected chi connectivity index (χ3v) is 5.60. The van der Waals surface area contributed by atoms with E-state index in [4.69, 9.17) is 13.9 Å². The lowest BCUT2D eigenvalue weighted by Gasteiger charge is -2.11. The first-order valence-electron chi connectivity index (χ1n) is 9.55. The average molecular weight is 436 g/mol. The molecule has 8 heteroatoms. The van der Waals surface area contributed by atoms with Gasteiger partial charge < -0.3 is 13.9 Å². The molecule has 0 unspecified atom stereocenters. The highest BCUT2D eigenvalue weighted by Crippen LogP contribution is 2.31. The molecule has 31 heavy (non-hydrogen) atoms. The number of nitrogens with zero attached hydrogens (tertiary/aromatic N) is 3. The Kier molecular flexibility index (Phi) is 6.08. The fourth-order valence-corrected chi connectivity index (χ4v) is 3.89. The van der Waals surface area contributed by atoms with Crippen LogP contribution in [-0.4, -0.2) is 35.0 Å². The Labute approximate surface area is 184 Å². The summed E-state index contributed by atoms with van der Waals surface area (Å²) >= 11 is 1.47. The number of hydrogen-bond acceptors (Lipinski definition) is 7. The Balaban J connectivity index is 1.69. The van der Waals surface area contributed by atoms with E-state index in [0.29, 0.717) is 22.5 Å². The van der Waals surface area contributed by atoms with Crippen molar-refractivity contribution in [3.63, 3.8) is 0 Å². The van der Waals surface area contributed by atoms with Gasteiger partial charge in [0.1, 0.15) is 11.5 Å². The van der Waals surface area contributed by atoms with E-state index < -0.39 is 5.97 Å². The second-order valence-corrected chi connectivity index (χ2v) is 7.70. The molecule has 0 saturated heterocycles. The fourth-order valence-electron chi connectivity index (χ4n) is 3.04. The molecule has 4 rings (SSSR count). The van der Waals surface area contributed by atoms with Crippen LogP contribution in [0.1, 0.15) is 21.9 Å². The maximum absolute atomic E-state index is 11.6. The van der Waals surface area contributed by atoms with Crippen LogP contribution in [0, 0.1) is 6.92 Å². The first-order chi connectivity index (χ1) is 15.1. The summed E-state index contributed by atoms with van der Waals surface area (Å²) in [4.78, 5) is 11.6. The smallest absolute Gasteiger partial charge is 0.373 e. The predicted molar refractivity (Wildman–Crippen MR) is 118 cm³/mol. The first-order valence-corrected chi connectivity index (χ1v) is 10.5. The summed E-state index contributed by atoms with van der Waals surface area (Å²) in [5.41, 5.74) is 3.01. The number of hydrogen-bond donors (Lipinski definition) is 0. The van der Waals surface area contributed by atoms with Gasteiger partial charge in [0.2, 0.25) is 5.76 Å². The highest BCUT2D eigenvalue weighted by molar-refractivity contribution is 7.98. The molecule has 0 aliphatic rings. The monoisotopic (exact) mass is 435 g/mol.